The normalized spacial score (nSPS) is 18.0. The third-order valence-electron chi connectivity index (χ3n) is 3.69. The first-order chi connectivity index (χ1) is 10.3. The molecule has 0 unspecified atom stereocenters. The van der Waals surface area contributed by atoms with Crippen molar-refractivity contribution in [2.24, 2.45) is 0 Å². The van der Waals surface area contributed by atoms with Gasteiger partial charge in [-0.15, -0.1) is 0 Å². The Morgan fingerprint density at radius 3 is 2.57 bits per heavy atom. The van der Waals surface area contributed by atoms with E-state index in [9.17, 15) is 9.59 Å². The zero-order valence-electron chi connectivity index (χ0n) is 12.2. The highest BCUT2D eigenvalue weighted by Crippen LogP contribution is 2.08. The topological polar surface area (TPSA) is 70.2 Å². The smallest absolute Gasteiger partial charge is 0.309 e. The van der Waals surface area contributed by atoms with E-state index >= 15 is 0 Å². The second kappa shape index (κ2) is 8.42. The highest BCUT2D eigenvalue weighted by Gasteiger charge is 2.15. The van der Waals surface area contributed by atoms with E-state index < -0.39 is 11.8 Å². The van der Waals surface area contributed by atoms with Crippen LogP contribution in [0.3, 0.4) is 0 Å². The molecular formula is C16H23N3O2. The van der Waals surface area contributed by atoms with Gasteiger partial charge in [0.1, 0.15) is 0 Å². The van der Waals surface area contributed by atoms with Gasteiger partial charge in [-0.3, -0.25) is 9.59 Å². The average Bonchev–Trinajstić information content (AvgIpc) is 2.54. The molecule has 0 aromatic heterocycles. The Morgan fingerprint density at radius 1 is 1.10 bits per heavy atom. The third-order valence-corrected chi connectivity index (χ3v) is 3.69. The maximum absolute atomic E-state index is 11.7. The van der Waals surface area contributed by atoms with Crippen LogP contribution in [-0.2, 0) is 16.1 Å². The van der Waals surface area contributed by atoms with Gasteiger partial charge in [-0.1, -0.05) is 36.8 Å². The highest BCUT2D eigenvalue weighted by molar-refractivity contribution is 6.35. The van der Waals surface area contributed by atoms with Gasteiger partial charge in [0.25, 0.3) is 0 Å². The Morgan fingerprint density at radius 2 is 1.86 bits per heavy atom. The molecule has 0 saturated carbocycles. The van der Waals surface area contributed by atoms with Gasteiger partial charge in [0.2, 0.25) is 0 Å². The molecule has 1 aromatic carbocycles. The molecule has 0 bridgehead atoms. The summed E-state index contributed by atoms with van der Waals surface area (Å²) in [6, 6.07) is 10.0. The summed E-state index contributed by atoms with van der Waals surface area (Å²) in [5.41, 5.74) is 0.977. The lowest BCUT2D eigenvalue weighted by Gasteiger charge is -2.23. The monoisotopic (exact) mass is 289 g/mol. The van der Waals surface area contributed by atoms with E-state index in [1.807, 2.05) is 30.3 Å². The maximum Gasteiger partial charge on any atom is 0.309 e. The van der Waals surface area contributed by atoms with E-state index in [-0.39, 0.29) is 0 Å². The summed E-state index contributed by atoms with van der Waals surface area (Å²) in [7, 11) is 0. The maximum atomic E-state index is 11.7. The fraction of sp³-hybridized carbons (Fsp3) is 0.500. The predicted molar refractivity (Wildman–Crippen MR) is 81.6 cm³/mol. The molecule has 1 heterocycles. The molecule has 5 heteroatoms. The average molecular weight is 289 g/mol. The molecule has 1 fully saturated rings. The summed E-state index contributed by atoms with van der Waals surface area (Å²) in [4.78, 5) is 23.3. The molecule has 2 rings (SSSR count). The van der Waals surface area contributed by atoms with Gasteiger partial charge in [-0.2, -0.15) is 0 Å². The van der Waals surface area contributed by atoms with Gasteiger partial charge in [0, 0.05) is 19.1 Å². The van der Waals surface area contributed by atoms with Gasteiger partial charge in [-0.05, 0) is 31.4 Å². The zero-order valence-corrected chi connectivity index (χ0v) is 12.2. The Labute approximate surface area is 125 Å². The number of benzene rings is 1. The lowest BCUT2D eigenvalue weighted by atomic mass is 10.0. The second-order valence-corrected chi connectivity index (χ2v) is 5.36. The standard InChI is InChI=1S/C16H23N3O2/c20-15(18-11-9-14-8-4-5-10-17-14)16(21)19-12-13-6-2-1-3-7-13/h1-3,6-7,14,17H,4-5,8-12H2,(H,18,20)(H,19,21)/t14-/m1/s1. The van der Waals surface area contributed by atoms with E-state index in [2.05, 4.69) is 16.0 Å². The number of amides is 2. The molecule has 1 aliphatic rings. The van der Waals surface area contributed by atoms with Crippen LogP contribution in [-0.4, -0.2) is 30.9 Å². The number of hydrogen-bond acceptors (Lipinski definition) is 3. The first-order valence-corrected chi connectivity index (χ1v) is 7.59. The van der Waals surface area contributed by atoms with Crippen molar-refractivity contribution < 1.29 is 9.59 Å². The van der Waals surface area contributed by atoms with Crippen molar-refractivity contribution in [3.05, 3.63) is 35.9 Å². The molecule has 1 aromatic rings. The molecule has 1 aliphatic heterocycles. The second-order valence-electron chi connectivity index (χ2n) is 5.36. The van der Waals surface area contributed by atoms with Crippen LogP contribution >= 0.6 is 0 Å². The first-order valence-electron chi connectivity index (χ1n) is 7.59. The highest BCUT2D eigenvalue weighted by atomic mass is 16.2. The van der Waals surface area contributed by atoms with Crippen LogP contribution in [0.2, 0.25) is 0 Å². The van der Waals surface area contributed by atoms with E-state index in [1.54, 1.807) is 0 Å². The van der Waals surface area contributed by atoms with Crippen molar-refractivity contribution in [2.45, 2.75) is 38.3 Å². The molecule has 3 N–H and O–H groups in total. The molecule has 1 atom stereocenters. The van der Waals surface area contributed by atoms with E-state index in [0.717, 1.165) is 24.9 Å². The minimum absolute atomic E-state index is 0.372. The number of hydrogen-bond donors (Lipinski definition) is 3. The molecule has 2 amide bonds. The fourth-order valence-corrected chi connectivity index (χ4v) is 2.47. The van der Waals surface area contributed by atoms with E-state index in [1.165, 1.54) is 12.8 Å². The van der Waals surface area contributed by atoms with Gasteiger partial charge in [-0.25, -0.2) is 0 Å². The van der Waals surface area contributed by atoms with Gasteiger partial charge < -0.3 is 16.0 Å². The number of carbonyl (C=O) groups is 2. The minimum Gasteiger partial charge on any atom is -0.348 e. The van der Waals surface area contributed by atoms with Crippen LogP contribution in [0.4, 0.5) is 0 Å². The summed E-state index contributed by atoms with van der Waals surface area (Å²) in [6.07, 6.45) is 4.49. The van der Waals surface area contributed by atoms with Crippen LogP contribution in [0, 0.1) is 0 Å². The Hall–Kier alpha value is -1.88. The van der Waals surface area contributed by atoms with Crippen molar-refractivity contribution in [3.8, 4) is 0 Å². The van der Waals surface area contributed by atoms with Crippen LogP contribution in [0.15, 0.2) is 30.3 Å². The molecule has 21 heavy (non-hydrogen) atoms. The lowest BCUT2D eigenvalue weighted by molar-refractivity contribution is -0.139. The van der Waals surface area contributed by atoms with Crippen LogP contribution < -0.4 is 16.0 Å². The SMILES string of the molecule is O=C(NCC[C@H]1CCCCN1)C(=O)NCc1ccccc1. The first kappa shape index (κ1) is 15.5. The van der Waals surface area contributed by atoms with Crippen molar-refractivity contribution >= 4 is 11.8 Å². The number of carbonyl (C=O) groups excluding carboxylic acids is 2. The predicted octanol–water partition coefficient (Wildman–Crippen LogP) is 0.951. The van der Waals surface area contributed by atoms with Crippen molar-refractivity contribution in [3.63, 3.8) is 0 Å². The molecule has 0 radical (unpaired) electrons. The largest absolute Gasteiger partial charge is 0.348 e. The van der Waals surface area contributed by atoms with Gasteiger partial charge in [0.15, 0.2) is 0 Å². The van der Waals surface area contributed by atoms with Gasteiger partial charge >= 0.3 is 11.8 Å². The minimum atomic E-state index is -0.574. The summed E-state index contributed by atoms with van der Waals surface area (Å²) in [5.74, 6) is -1.13. The van der Waals surface area contributed by atoms with E-state index in [0.29, 0.717) is 19.1 Å². The molecule has 0 aliphatic carbocycles. The lowest BCUT2D eigenvalue weighted by Crippen LogP contribution is -2.42. The van der Waals surface area contributed by atoms with Crippen LogP contribution in [0.25, 0.3) is 0 Å². The zero-order chi connectivity index (χ0) is 14.9. The molecule has 0 spiro atoms. The number of rotatable bonds is 5. The Bertz CT molecular complexity index is 456. The van der Waals surface area contributed by atoms with Crippen molar-refractivity contribution in [1.82, 2.24) is 16.0 Å². The van der Waals surface area contributed by atoms with Crippen LogP contribution in [0.1, 0.15) is 31.2 Å². The third kappa shape index (κ3) is 5.55. The fourth-order valence-electron chi connectivity index (χ4n) is 2.47. The number of piperidine rings is 1. The van der Waals surface area contributed by atoms with Gasteiger partial charge in [0.05, 0.1) is 0 Å². The Balaban J connectivity index is 1.62. The summed E-state index contributed by atoms with van der Waals surface area (Å²) in [6.45, 7) is 1.96. The summed E-state index contributed by atoms with van der Waals surface area (Å²) >= 11 is 0. The van der Waals surface area contributed by atoms with Crippen LogP contribution in [0.5, 0.6) is 0 Å². The molecular weight excluding hydrogens is 266 g/mol. The number of nitrogens with one attached hydrogen (secondary N) is 3. The quantitative estimate of drug-likeness (QED) is 0.707. The van der Waals surface area contributed by atoms with Crippen molar-refractivity contribution in [1.29, 1.82) is 0 Å². The molecule has 5 nitrogen and oxygen atoms in total. The Kier molecular flexibility index (Phi) is 6.22. The summed E-state index contributed by atoms with van der Waals surface area (Å²) < 4.78 is 0. The molecule has 1 saturated heterocycles. The molecule has 114 valence electrons. The van der Waals surface area contributed by atoms with E-state index in [4.69, 9.17) is 0 Å². The van der Waals surface area contributed by atoms with Crippen molar-refractivity contribution in [2.75, 3.05) is 13.1 Å². The summed E-state index contributed by atoms with van der Waals surface area (Å²) in [5, 5.41) is 8.71.